The molecule has 0 radical (unpaired) electrons. The Morgan fingerprint density at radius 1 is 1.04 bits per heavy atom. The molecule has 2 aromatic carbocycles. The summed E-state index contributed by atoms with van der Waals surface area (Å²) in [6, 6.07) is 15.6. The van der Waals surface area contributed by atoms with Crippen molar-refractivity contribution in [3.05, 3.63) is 75.9 Å². The molecule has 10 nitrogen and oxygen atoms in total. The second kappa shape index (κ2) is 14.5. The summed E-state index contributed by atoms with van der Waals surface area (Å²) < 4.78 is 54.1. The Morgan fingerprint density at radius 2 is 1.85 bits per heavy atom. The first-order chi connectivity index (χ1) is 23.1. The van der Waals surface area contributed by atoms with Gasteiger partial charge in [0.2, 0.25) is 0 Å². The van der Waals surface area contributed by atoms with Gasteiger partial charge in [-0.15, -0.1) is 0 Å². The van der Waals surface area contributed by atoms with E-state index in [9.17, 15) is 23.2 Å². The number of fused-ring (bicyclic) bond motifs is 1. The fourth-order valence-corrected chi connectivity index (χ4v) is 6.98. The summed E-state index contributed by atoms with van der Waals surface area (Å²) in [5.41, 5.74) is 1.35. The van der Waals surface area contributed by atoms with Crippen LogP contribution in [0, 0.1) is 11.3 Å². The van der Waals surface area contributed by atoms with E-state index in [1.165, 1.54) is 18.2 Å². The molecule has 14 heteroatoms. The van der Waals surface area contributed by atoms with Crippen LogP contribution >= 0.6 is 11.6 Å². The molecular weight excluding hydrogens is 647 g/mol. The Bertz CT molecular complexity index is 1660. The summed E-state index contributed by atoms with van der Waals surface area (Å²) in [5.74, 6) is 0.608. The zero-order valence-corrected chi connectivity index (χ0v) is 27.4. The van der Waals surface area contributed by atoms with Crippen molar-refractivity contribution in [2.24, 2.45) is 0 Å². The largest absolute Gasteiger partial charge is 0.462 e. The lowest BCUT2D eigenvalue weighted by molar-refractivity contribution is -0.137. The Morgan fingerprint density at radius 3 is 2.58 bits per heavy atom. The number of halogens is 4. The monoisotopic (exact) mass is 683 g/mol. The van der Waals surface area contributed by atoms with Crippen LogP contribution in [-0.4, -0.2) is 84.3 Å². The lowest BCUT2D eigenvalue weighted by atomic mass is 10.0. The normalized spacial score (nSPS) is 20.0. The number of anilines is 2. The third kappa shape index (κ3) is 7.39. The van der Waals surface area contributed by atoms with E-state index in [4.69, 9.17) is 31.0 Å². The smallest absolute Gasteiger partial charge is 0.419 e. The van der Waals surface area contributed by atoms with Crippen LogP contribution in [0.1, 0.15) is 41.6 Å². The zero-order chi connectivity index (χ0) is 33.8. The standard InChI is InChI=1S/C34H37ClF3N7O3/c1-42-15-6-9-25(42)22-47-32-40-28-20-43(29-11-5-10-27(35)30(29)34(36,37)38)16-13-26(28)31(41-32)44-17-18-45(24(19-44)12-14-39)33(46)48-21-23-7-3-2-4-8-23/h2-5,7-8,10-11,24-25H,6,9,12-13,15-22H2,1H3. The molecule has 254 valence electrons. The van der Waals surface area contributed by atoms with Gasteiger partial charge >= 0.3 is 18.3 Å². The first kappa shape index (κ1) is 33.6. The Balaban J connectivity index is 1.27. The van der Waals surface area contributed by atoms with E-state index in [1.54, 1.807) is 9.80 Å². The van der Waals surface area contributed by atoms with Crippen LogP contribution in [0.4, 0.5) is 29.5 Å². The topological polar surface area (TPSA) is 98.1 Å². The Labute approximate surface area is 282 Å². The van der Waals surface area contributed by atoms with E-state index in [2.05, 4.69) is 11.0 Å². The molecule has 3 aliphatic heterocycles. The van der Waals surface area contributed by atoms with Crippen LogP contribution in [0.5, 0.6) is 6.01 Å². The summed E-state index contributed by atoms with van der Waals surface area (Å²) in [7, 11) is 2.04. The average molecular weight is 684 g/mol. The molecule has 3 aliphatic rings. The van der Waals surface area contributed by atoms with Crippen LogP contribution in [0.15, 0.2) is 48.5 Å². The maximum atomic E-state index is 14.1. The molecule has 0 spiro atoms. The number of rotatable bonds is 8. The number of hydrogen-bond acceptors (Lipinski definition) is 9. The number of nitrogens with zero attached hydrogens (tertiary/aromatic N) is 7. The Kier molecular flexibility index (Phi) is 10.1. The minimum atomic E-state index is -4.63. The van der Waals surface area contributed by atoms with Gasteiger partial charge in [0.25, 0.3) is 0 Å². The molecule has 2 atom stereocenters. The molecule has 0 bridgehead atoms. The molecule has 3 aromatic rings. The van der Waals surface area contributed by atoms with Gasteiger partial charge in [-0.25, -0.2) is 4.79 Å². The van der Waals surface area contributed by atoms with Gasteiger partial charge in [0, 0.05) is 37.8 Å². The summed E-state index contributed by atoms with van der Waals surface area (Å²) in [5, 5.41) is 9.30. The van der Waals surface area contributed by atoms with Crippen molar-refractivity contribution in [3.8, 4) is 12.1 Å². The Hall–Kier alpha value is -4.28. The minimum Gasteiger partial charge on any atom is -0.462 e. The second-order valence-corrected chi connectivity index (χ2v) is 12.7. The van der Waals surface area contributed by atoms with Crippen LogP contribution in [0.3, 0.4) is 0 Å². The van der Waals surface area contributed by atoms with Gasteiger partial charge < -0.3 is 29.1 Å². The summed E-state index contributed by atoms with van der Waals surface area (Å²) in [6.07, 6.45) is -2.62. The van der Waals surface area contributed by atoms with Gasteiger partial charge in [0.1, 0.15) is 19.0 Å². The summed E-state index contributed by atoms with van der Waals surface area (Å²) >= 11 is 6.06. The van der Waals surface area contributed by atoms with E-state index in [0.29, 0.717) is 44.2 Å². The van der Waals surface area contributed by atoms with Crippen molar-refractivity contribution < 1.29 is 27.4 Å². The van der Waals surface area contributed by atoms with Gasteiger partial charge in [-0.3, -0.25) is 0 Å². The highest BCUT2D eigenvalue weighted by Gasteiger charge is 2.39. The van der Waals surface area contributed by atoms with Gasteiger partial charge in [-0.2, -0.15) is 28.4 Å². The number of alkyl halides is 3. The third-order valence-corrected chi connectivity index (χ3v) is 9.58. The minimum absolute atomic E-state index is 0.00688. The van der Waals surface area contributed by atoms with E-state index < -0.39 is 23.9 Å². The maximum absolute atomic E-state index is 14.1. The maximum Gasteiger partial charge on any atom is 0.419 e. The highest BCUT2D eigenvalue weighted by molar-refractivity contribution is 6.31. The predicted molar refractivity (Wildman–Crippen MR) is 174 cm³/mol. The summed E-state index contributed by atoms with van der Waals surface area (Å²) in [6.45, 7) is 2.88. The predicted octanol–water partition coefficient (Wildman–Crippen LogP) is 5.93. The van der Waals surface area contributed by atoms with E-state index in [1.807, 2.05) is 42.3 Å². The first-order valence-corrected chi connectivity index (χ1v) is 16.4. The molecule has 1 aromatic heterocycles. The lowest BCUT2D eigenvalue weighted by Gasteiger charge is -2.42. The molecule has 2 fully saturated rings. The van der Waals surface area contributed by atoms with Crippen LogP contribution < -0.4 is 14.5 Å². The number of carbonyl (C=O) groups is 1. The number of carbonyl (C=O) groups excluding carboxylic acids is 1. The van der Waals surface area contributed by atoms with E-state index in [0.717, 1.165) is 30.5 Å². The quantitative estimate of drug-likeness (QED) is 0.286. The number of hydrogen-bond donors (Lipinski definition) is 0. The average Bonchev–Trinajstić information content (AvgIpc) is 3.49. The number of piperazine rings is 1. The number of likely N-dealkylation sites (N-methyl/N-ethyl adjacent to an activating group) is 1. The third-order valence-electron chi connectivity index (χ3n) is 9.26. The fourth-order valence-electron chi connectivity index (χ4n) is 6.71. The fraction of sp³-hybridized carbons (Fsp3) is 0.471. The van der Waals surface area contributed by atoms with E-state index in [-0.39, 0.29) is 48.9 Å². The van der Waals surface area contributed by atoms with Gasteiger partial charge in [0.05, 0.1) is 47.0 Å². The highest BCUT2D eigenvalue weighted by atomic mass is 35.5. The zero-order valence-electron chi connectivity index (χ0n) is 26.6. The first-order valence-electron chi connectivity index (χ1n) is 16.0. The highest BCUT2D eigenvalue weighted by Crippen LogP contribution is 2.43. The number of nitriles is 1. The van der Waals surface area contributed by atoms with E-state index >= 15 is 0 Å². The van der Waals surface area contributed by atoms with Crippen molar-refractivity contribution in [1.82, 2.24) is 19.8 Å². The van der Waals surface area contributed by atoms with Crippen LogP contribution in [-0.2, 0) is 30.5 Å². The van der Waals surface area contributed by atoms with Crippen molar-refractivity contribution >= 4 is 29.2 Å². The van der Waals surface area contributed by atoms with Gasteiger partial charge in [0.15, 0.2) is 0 Å². The molecule has 2 saturated heterocycles. The van der Waals surface area contributed by atoms with Gasteiger partial charge in [-0.05, 0) is 50.6 Å². The van der Waals surface area contributed by atoms with Crippen LogP contribution in [0.25, 0.3) is 0 Å². The number of amides is 1. The lowest BCUT2D eigenvalue weighted by Crippen LogP contribution is -2.55. The molecule has 48 heavy (non-hydrogen) atoms. The molecular formula is C34H37ClF3N7O3. The molecule has 1 amide bonds. The molecule has 4 heterocycles. The SMILES string of the molecule is CN1CCCC1COc1nc2c(c(N3CCN(C(=O)OCc4ccccc4)C(CC#N)C3)n1)CCN(c1cccc(Cl)c1C(F)(F)F)C2. The van der Waals surface area contributed by atoms with Crippen LogP contribution in [0.2, 0.25) is 5.02 Å². The number of aromatic nitrogens is 2. The second-order valence-electron chi connectivity index (χ2n) is 12.3. The van der Waals surface area contributed by atoms with Crippen molar-refractivity contribution in [2.45, 2.75) is 57.1 Å². The molecule has 0 N–H and O–H groups in total. The van der Waals surface area contributed by atoms with Crippen molar-refractivity contribution in [3.63, 3.8) is 0 Å². The molecule has 0 aliphatic carbocycles. The van der Waals surface area contributed by atoms with Gasteiger partial charge in [-0.1, -0.05) is 48.0 Å². The number of likely N-dealkylation sites (tertiary alicyclic amines) is 1. The molecule has 0 saturated carbocycles. The molecule has 2 unspecified atom stereocenters. The van der Waals surface area contributed by atoms with Crippen molar-refractivity contribution in [2.75, 3.05) is 56.2 Å². The van der Waals surface area contributed by atoms with Crippen molar-refractivity contribution in [1.29, 1.82) is 5.26 Å². The number of ether oxygens (including phenoxy) is 2. The number of benzene rings is 2. The summed E-state index contributed by atoms with van der Waals surface area (Å²) in [4.78, 5) is 30.2. The molecule has 6 rings (SSSR count).